The van der Waals surface area contributed by atoms with Gasteiger partial charge in [-0.15, -0.1) is 0 Å². The Balaban J connectivity index is 0.00000110. The summed E-state index contributed by atoms with van der Waals surface area (Å²) < 4.78 is 11.0. The van der Waals surface area contributed by atoms with Gasteiger partial charge >= 0.3 is 24.8 Å². The molecule has 0 bridgehead atoms. The molecule has 1 aromatic heterocycles. The first kappa shape index (κ1) is 14.9. The zero-order chi connectivity index (χ0) is 13.4. The molecule has 7 heteroatoms. The minimum atomic E-state index is -1.000. The summed E-state index contributed by atoms with van der Waals surface area (Å²) in [6.45, 7) is 3.95. The number of carboxylic acid groups (broad SMARTS) is 1. The second-order valence-electron chi connectivity index (χ2n) is 4.57. The van der Waals surface area contributed by atoms with Gasteiger partial charge in [0.05, 0.1) is 24.8 Å². The van der Waals surface area contributed by atoms with Crippen LogP contribution in [0.2, 0.25) is 0 Å². The minimum absolute atomic E-state index is 0. The van der Waals surface area contributed by atoms with Gasteiger partial charge in [0.1, 0.15) is 5.52 Å². The maximum atomic E-state index is 11.1. The molecule has 102 valence electrons. The number of anilines is 1. The summed E-state index contributed by atoms with van der Waals surface area (Å²) in [5, 5.41) is 9.14. The van der Waals surface area contributed by atoms with Gasteiger partial charge in [-0.25, -0.2) is 4.79 Å². The molecular formula is C13H15LiN2O4. The molecule has 1 aliphatic rings. The fourth-order valence-corrected chi connectivity index (χ4v) is 2.24. The third kappa shape index (κ3) is 2.55. The Morgan fingerprint density at radius 2 is 2.35 bits per heavy atom. The van der Waals surface area contributed by atoms with Crippen LogP contribution >= 0.6 is 0 Å². The van der Waals surface area contributed by atoms with E-state index in [9.17, 15) is 4.79 Å². The third-order valence-electron chi connectivity index (χ3n) is 3.25. The molecule has 2 heterocycles. The average Bonchev–Trinajstić information content (AvgIpc) is 2.82. The van der Waals surface area contributed by atoms with Gasteiger partial charge in [-0.1, -0.05) is 6.07 Å². The topological polar surface area (TPSA) is 75.8 Å². The Bertz CT molecular complexity index is 634. The predicted molar refractivity (Wildman–Crippen MR) is 69.7 cm³/mol. The smallest absolute Gasteiger partial charge is 1.00 e. The van der Waals surface area contributed by atoms with Crippen molar-refractivity contribution < 1.29 is 39.3 Å². The quantitative estimate of drug-likeness (QED) is 0.696. The summed E-state index contributed by atoms with van der Waals surface area (Å²) in [6, 6.07) is 5.53. The zero-order valence-electron chi connectivity index (χ0n) is 12.5. The fraction of sp³-hybridized carbons (Fsp3) is 0.385. The van der Waals surface area contributed by atoms with Crippen LogP contribution in [0.4, 0.5) is 6.01 Å². The Kier molecular flexibility index (Phi) is 4.38. The Hall–Kier alpha value is -1.48. The van der Waals surface area contributed by atoms with Crippen molar-refractivity contribution in [3.8, 4) is 0 Å². The van der Waals surface area contributed by atoms with E-state index in [1.807, 2.05) is 11.8 Å². The molecule has 1 atom stereocenters. The number of fused-ring (bicyclic) bond motifs is 1. The van der Waals surface area contributed by atoms with Crippen LogP contribution in [0.3, 0.4) is 0 Å². The molecule has 1 saturated heterocycles. The van der Waals surface area contributed by atoms with Gasteiger partial charge < -0.3 is 20.6 Å². The molecule has 1 aromatic carbocycles. The van der Waals surface area contributed by atoms with E-state index in [1.165, 1.54) is 6.07 Å². The number of hydrogen-bond donors (Lipinski definition) is 1. The number of aromatic carboxylic acids is 1. The molecule has 0 aliphatic carbocycles. The van der Waals surface area contributed by atoms with Crippen LogP contribution in [-0.2, 0) is 4.74 Å². The predicted octanol–water partition coefficient (Wildman–Crippen LogP) is -1.13. The second kappa shape index (κ2) is 5.88. The van der Waals surface area contributed by atoms with E-state index in [0.717, 1.165) is 0 Å². The average molecular weight is 270 g/mol. The van der Waals surface area contributed by atoms with Gasteiger partial charge in [0, 0.05) is 6.54 Å². The van der Waals surface area contributed by atoms with E-state index in [2.05, 4.69) is 4.98 Å². The van der Waals surface area contributed by atoms with Crippen molar-refractivity contribution in [2.45, 2.75) is 13.0 Å². The zero-order valence-corrected chi connectivity index (χ0v) is 11.5. The van der Waals surface area contributed by atoms with Crippen molar-refractivity contribution in [2.24, 2.45) is 0 Å². The van der Waals surface area contributed by atoms with Crippen molar-refractivity contribution in [1.29, 1.82) is 0 Å². The number of aromatic nitrogens is 1. The summed E-state index contributed by atoms with van der Waals surface area (Å²) in [5.74, 6) is -1.000. The summed E-state index contributed by atoms with van der Waals surface area (Å²) in [4.78, 5) is 17.5. The fourth-order valence-electron chi connectivity index (χ4n) is 2.24. The number of benzene rings is 1. The van der Waals surface area contributed by atoms with Crippen LogP contribution in [-0.4, -0.2) is 41.9 Å². The van der Waals surface area contributed by atoms with E-state index in [-0.39, 0.29) is 31.9 Å². The van der Waals surface area contributed by atoms with Crippen molar-refractivity contribution in [3.05, 3.63) is 23.8 Å². The van der Waals surface area contributed by atoms with E-state index < -0.39 is 5.97 Å². The number of carbonyl (C=O) groups is 1. The van der Waals surface area contributed by atoms with Gasteiger partial charge in [-0.05, 0) is 19.1 Å². The van der Waals surface area contributed by atoms with Gasteiger partial charge in [-0.3, -0.25) is 0 Å². The number of hydrogen-bond acceptors (Lipinski definition) is 5. The van der Waals surface area contributed by atoms with Crippen molar-refractivity contribution in [2.75, 3.05) is 24.7 Å². The second-order valence-corrected chi connectivity index (χ2v) is 4.57. The van der Waals surface area contributed by atoms with Crippen LogP contribution in [0, 0.1) is 0 Å². The molecule has 0 amide bonds. The monoisotopic (exact) mass is 270 g/mol. The Morgan fingerprint density at radius 1 is 1.55 bits per heavy atom. The Labute approximate surface area is 129 Å². The number of nitrogens with zero attached hydrogens (tertiary/aromatic N) is 2. The summed E-state index contributed by atoms with van der Waals surface area (Å²) in [6.07, 6.45) is 0. The maximum Gasteiger partial charge on any atom is 1.00 e. The van der Waals surface area contributed by atoms with Crippen molar-refractivity contribution >= 4 is 23.1 Å². The SMILES string of the molecule is CC1COCCN1c1nc2c(C(=O)O)cccc2o1.[H-].[Li+]. The molecule has 2 aromatic rings. The summed E-state index contributed by atoms with van der Waals surface area (Å²) >= 11 is 0. The maximum absolute atomic E-state index is 11.1. The Morgan fingerprint density at radius 3 is 3.05 bits per heavy atom. The summed E-state index contributed by atoms with van der Waals surface area (Å²) in [7, 11) is 0. The van der Waals surface area contributed by atoms with Crippen LogP contribution in [0.1, 0.15) is 18.7 Å². The first-order chi connectivity index (χ1) is 9.16. The minimum Gasteiger partial charge on any atom is -1.00 e. The van der Waals surface area contributed by atoms with Gasteiger partial charge in [0.25, 0.3) is 6.01 Å². The summed E-state index contributed by atoms with van der Waals surface area (Å²) in [5.41, 5.74) is 1.05. The van der Waals surface area contributed by atoms with E-state index in [4.69, 9.17) is 14.3 Å². The first-order valence-electron chi connectivity index (χ1n) is 6.14. The molecule has 1 fully saturated rings. The number of para-hydroxylation sites is 1. The molecule has 1 N–H and O–H groups in total. The standard InChI is InChI=1S/C13H14N2O4.Li.H/c1-8-7-18-6-5-15(8)13-14-11-9(12(16)17)3-2-4-10(11)19-13;;/h2-4,8H,5-7H2,1H3,(H,16,17);;/q;+1;-1. The van der Waals surface area contributed by atoms with Crippen LogP contribution in [0.25, 0.3) is 11.1 Å². The van der Waals surface area contributed by atoms with E-state index in [1.54, 1.807) is 12.1 Å². The molecule has 1 aliphatic heterocycles. The van der Waals surface area contributed by atoms with Crippen LogP contribution < -0.4 is 23.8 Å². The molecule has 20 heavy (non-hydrogen) atoms. The number of oxazole rings is 1. The molecule has 1 unspecified atom stereocenters. The van der Waals surface area contributed by atoms with E-state index >= 15 is 0 Å². The van der Waals surface area contributed by atoms with Crippen molar-refractivity contribution in [1.82, 2.24) is 4.98 Å². The first-order valence-corrected chi connectivity index (χ1v) is 6.14. The van der Waals surface area contributed by atoms with Crippen molar-refractivity contribution in [3.63, 3.8) is 0 Å². The molecular weight excluding hydrogens is 255 g/mol. The van der Waals surface area contributed by atoms with Gasteiger partial charge in [-0.2, -0.15) is 4.98 Å². The molecule has 0 radical (unpaired) electrons. The number of morpholine rings is 1. The normalized spacial score (nSPS) is 18.9. The number of carboxylic acids is 1. The number of rotatable bonds is 2. The number of ether oxygens (including phenoxy) is 1. The molecule has 0 spiro atoms. The van der Waals surface area contributed by atoms with Gasteiger partial charge in [0.2, 0.25) is 0 Å². The van der Waals surface area contributed by atoms with Gasteiger partial charge in [0.15, 0.2) is 5.58 Å². The largest absolute Gasteiger partial charge is 1.00 e. The van der Waals surface area contributed by atoms with Crippen LogP contribution in [0.5, 0.6) is 0 Å². The van der Waals surface area contributed by atoms with E-state index in [0.29, 0.717) is 36.9 Å². The third-order valence-corrected chi connectivity index (χ3v) is 3.25. The van der Waals surface area contributed by atoms with Crippen LogP contribution in [0.15, 0.2) is 22.6 Å². The molecule has 0 saturated carbocycles. The molecule has 6 nitrogen and oxygen atoms in total. The molecule has 3 rings (SSSR count).